The lowest BCUT2D eigenvalue weighted by molar-refractivity contribution is 0.304. The third-order valence-corrected chi connectivity index (χ3v) is 3.28. The van der Waals surface area contributed by atoms with Gasteiger partial charge in [-0.1, -0.05) is 56.7 Å². The summed E-state index contributed by atoms with van der Waals surface area (Å²) >= 11 is 6.11. The van der Waals surface area contributed by atoms with Crippen LogP contribution in [-0.4, -0.2) is 6.61 Å². The molecule has 0 amide bonds. The minimum Gasteiger partial charge on any atom is -0.492 e. The van der Waals surface area contributed by atoms with Crippen molar-refractivity contribution in [3.05, 3.63) is 28.8 Å². The average Bonchev–Trinajstić information content (AvgIpc) is 2.39. The van der Waals surface area contributed by atoms with Gasteiger partial charge in [0.05, 0.1) is 11.6 Å². The van der Waals surface area contributed by atoms with Gasteiger partial charge in [0.25, 0.3) is 0 Å². The van der Waals surface area contributed by atoms with E-state index >= 15 is 0 Å². The largest absolute Gasteiger partial charge is 0.492 e. The van der Waals surface area contributed by atoms with Crippen molar-refractivity contribution < 1.29 is 4.74 Å². The number of hydrogen-bond acceptors (Lipinski definition) is 2. The molecule has 3 heteroatoms. The monoisotopic (exact) mass is 269 g/mol. The summed E-state index contributed by atoms with van der Waals surface area (Å²) in [4.78, 5) is 0. The molecular weight excluding hydrogens is 246 g/mol. The normalized spacial score (nSPS) is 10.6. The molecule has 1 aromatic carbocycles. The summed E-state index contributed by atoms with van der Waals surface area (Å²) < 4.78 is 5.67. The Bertz CT molecular complexity index is 341. The zero-order valence-corrected chi connectivity index (χ0v) is 12.0. The van der Waals surface area contributed by atoms with E-state index in [0.717, 1.165) is 24.3 Å². The minimum atomic E-state index is 0.511. The molecule has 1 aromatic rings. The first-order chi connectivity index (χ1) is 8.77. The van der Waals surface area contributed by atoms with Gasteiger partial charge in [-0.3, -0.25) is 0 Å². The fourth-order valence-electron chi connectivity index (χ4n) is 1.85. The number of nitrogens with two attached hydrogens (primary N) is 1. The lowest BCUT2D eigenvalue weighted by atomic mass is 10.1. The smallest absolute Gasteiger partial charge is 0.137 e. The van der Waals surface area contributed by atoms with Crippen molar-refractivity contribution in [1.29, 1.82) is 0 Å². The molecule has 2 nitrogen and oxygen atoms in total. The first-order valence-corrected chi connectivity index (χ1v) is 7.27. The first-order valence-electron chi connectivity index (χ1n) is 6.89. The van der Waals surface area contributed by atoms with Gasteiger partial charge in [0.1, 0.15) is 5.75 Å². The van der Waals surface area contributed by atoms with Crippen LogP contribution in [0.3, 0.4) is 0 Å². The highest BCUT2D eigenvalue weighted by Crippen LogP contribution is 2.25. The molecule has 0 atom stereocenters. The van der Waals surface area contributed by atoms with Gasteiger partial charge in [-0.2, -0.15) is 0 Å². The number of rotatable bonds is 9. The third kappa shape index (κ3) is 5.74. The molecule has 0 aliphatic carbocycles. The third-order valence-electron chi connectivity index (χ3n) is 2.99. The van der Waals surface area contributed by atoms with Crippen molar-refractivity contribution >= 4 is 11.6 Å². The molecule has 0 aliphatic heterocycles. The summed E-state index contributed by atoms with van der Waals surface area (Å²) in [5.41, 5.74) is 6.58. The van der Waals surface area contributed by atoms with Gasteiger partial charge in [-0.15, -0.1) is 0 Å². The molecule has 1 rings (SSSR count). The van der Waals surface area contributed by atoms with Crippen LogP contribution in [0.25, 0.3) is 0 Å². The highest BCUT2D eigenvalue weighted by Gasteiger charge is 2.02. The van der Waals surface area contributed by atoms with Crippen LogP contribution in [0.1, 0.15) is 51.0 Å². The molecule has 0 saturated heterocycles. The lowest BCUT2D eigenvalue weighted by Gasteiger charge is -2.09. The molecule has 0 fully saturated rings. The van der Waals surface area contributed by atoms with E-state index in [2.05, 4.69) is 6.92 Å². The van der Waals surface area contributed by atoms with E-state index < -0.39 is 0 Å². The summed E-state index contributed by atoms with van der Waals surface area (Å²) in [7, 11) is 0. The van der Waals surface area contributed by atoms with Crippen LogP contribution >= 0.6 is 11.6 Å². The summed E-state index contributed by atoms with van der Waals surface area (Å²) in [6, 6.07) is 5.74. The van der Waals surface area contributed by atoms with Crippen molar-refractivity contribution in [2.45, 2.75) is 52.0 Å². The van der Waals surface area contributed by atoms with Gasteiger partial charge >= 0.3 is 0 Å². The Morgan fingerprint density at radius 2 is 1.83 bits per heavy atom. The maximum absolute atomic E-state index is 6.11. The Hall–Kier alpha value is -0.730. The Morgan fingerprint density at radius 3 is 2.50 bits per heavy atom. The second-order valence-electron chi connectivity index (χ2n) is 4.59. The molecule has 18 heavy (non-hydrogen) atoms. The van der Waals surface area contributed by atoms with Crippen LogP contribution in [0.2, 0.25) is 5.02 Å². The van der Waals surface area contributed by atoms with Gasteiger partial charge in [-0.05, 0) is 24.1 Å². The number of hydrogen-bond donors (Lipinski definition) is 1. The summed E-state index contributed by atoms with van der Waals surface area (Å²) in [5.74, 6) is 0.766. The molecule has 102 valence electrons. The predicted molar refractivity (Wildman–Crippen MR) is 78.2 cm³/mol. The molecule has 0 bridgehead atoms. The van der Waals surface area contributed by atoms with E-state index in [1.54, 1.807) is 0 Å². The quantitative estimate of drug-likeness (QED) is 0.668. The fourth-order valence-corrected chi connectivity index (χ4v) is 2.11. The molecule has 0 saturated carbocycles. The molecule has 2 N–H and O–H groups in total. The van der Waals surface area contributed by atoms with E-state index in [0.29, 0.717) is 11.6 Å². The second kappa shape index (κ2) is 9.23. The van der Waals surface area contributed by atoms with Crippen molar-refractivity contribution in [2.24, 2.45) is 5.73 Å². The van der Waals surface area contributed by atoms with Gasteiger partial charge in [-0.25, -0.2) is 0 Å². The van der Waals surface area contributed by atoms with E-state index in [1.807, 2.05) is 18.2 Å². The summed E-state index contributed by atoms with van der Waals surface area (Å²) in [6.07, 6.45) is 7.60. The number of halogens is 1. The molecule has 0 heterocycles. The van der Waals surface area contributed by atoms with Crippen molar-refractivity contribution in [1.82, 2.24) is 0 Å². The molecular formula is C15H24ClNO. The zero-order valence-electron chi connectivity index (χ0n) is 11.3. The predicted octanol–water partition coefficient (Wildman–Crippen LogP) is 4.54. The lowest BCUT2D eigenvalue weighted by Crippen LogP contribution is -2.00. The first kappa shape index (κ1) is 15.3. The van der Waals surface area contributed by atoms with Gasteiger partial charge in [0, 0.05) is 6.54 Å². The average molecular weight is 270 g/mol. The van der Waals surface area contributed by atoms with Gasteiger partial charge < -0.3 is 10.5 Å². The van der Waals surface area contributed by atoms with Gasteiger partial charge in [0.15, 0.2) is 0 Å². The second-order valence-corrected chi connectivity index (χ2v) is 4.99. The fraction of sp³-hybridized carbons (Fsp3) is 0.600. The topological polar surface area (TPSA) is 35.2 Å². The van der Waals surface area contributed by atoms with Crippen molar-refractivity contribution in [3.8, 4) is 5.75 Å². The standard InChI is InChI=1S/C15H24ClNO/c1-2-3-4-5-6-7-10-18-15-9-8-13(12-17)11-14(15)16/h8-9,11H,2-7,10,12,17H2,1H3. The highest BCUT2D eigenvalue weighted by atomic mass is 35.5. The van der Waals surface area contributed by atoms with E-state index in [9.17, 15) is 0 Å². The van der Waals surface area contributed by atoms with Crippen LogP contribution < -0.4 is 10.5 Å². The van der Waals surface area contributed by atoms with Crippen LogP contribution in [0.15, 0.2) is 18.2 Å². The zero-order chi connectivity index (χ0) is 13.2. The SMILES string of the molecule is CCCCCCCCOc1ccc(CN)cc1Cl. The number of benzene rings is 1. The Labute approximate surface area is 115 Å². The minimum absolute atomic E-state index is 0.511. The van der Waals surface area contributed by atoms with E-state index in [4.69, 9.17) is 22.1 Å². The molecule has 0 aliphatic rings. The van der Waals surface area contributed by atoms with Crippen LogP contribution in [0.4, 0.5) is 0 Å². The maximum Gasteiger partial charge on any atom is 0.137 e. The van der Waals surface area contributed by atoms with Gasteiger partial charge in [0.2, 0.25) is 0 Å². The van der Waals surface area contributed by atoms with E-state index in [1.165, 1.54) is 32.1 Å². The number of ether oxygens (including phenoxy) is 1. The van der Waals surface area contributed by atoms with E-state index in [-0.39, 0.29) is 0 Å². The highest BCUT2D eigenvalue weighted by molar-refractivity contribution is 6.32. The molecule has 0 unspecified atom stereocenters. The van der Waals surface area contributed by atoms with Crippen LogP contribution in [0, 0.1) is 0 Å². The summed E-state index contributed by atoms with van der Waals surface area (Å²) in [6.45, 7) is 3.49. The number of unbranched alkanes of at least 4 members (excludes halogenated alkanes) is 5. The molecule has 0 radical (unpaired) electrons. The Balaban J connectivity index is 2.19. The Morgan fingerprint density at radius 1 is 1.11 bits per heavy atom. The molecule has 0 aromatic heterocycles. The van der Waals surface area contributed by atoms with Crippen LogP contribution in [-0.2, 0) is 6.54 Å². The maximum atomic E-state index is 6.11. The molecule has 0 spiro atoms. The van der Waals surface area contributed by atoms with Crippen molar-refractivity contribution in [2.75, 3.05) is 6.61 Å². The van der Waals surface area contributed by atoms with Crippen molar-refractivity contribution in [3.63, 3.8) is 0 Å². The summed E-state index contributed by atoms with van der Waals surface area (Å²) in [5, 5.41) is 0.656. The Kier molecular flexibility index (Phi) is 7.86. The van der Waals surface area contributed by atoms with Crippen LogP contribution in [0.5, 0.6) is 5.75 Å².